The number of halogens is 7. The Morgan fingerprint density at radius 3 is 1.40 bits per heavy atom. The van der Waals surface area contributed by atoms with E-state index in [-0.39, 0.29) is 17.4 Å². The highest BCUT2D eigenvalue weighted by Crippen LogP contribution is 2.41. The van der Waals surface area contributed by atoms with E-state index in [1.807, 2.05) is 13.8 Å². The molecule has 0 aliphatic heterocycles. The Labute approximate surface area is 207 Å². The lowest BCUT2D eigenvalue weighted by Crippen LogP contribution is -2.40. The van der Waals surface area contributed by atoms with E-state index in [1.165, 1.54) is 0 Å². The smallest absolute Gasteiger partial charge is 0.427 e. The van der Waals surface area contributed by atoms with Crippen molar-refractivity contribution in [1.82, 2.24) is 0 Å². The first-order valence-corrected chi connectivity index (χ1v) is 10.5. The Bertz CT molecular complexity index is 1060. The van der Waals surface area contributed by atoms with Gasteiger partial charge in [0.1, 0.15) is 22.4 Å². The third kappa shape index (κ3) is 9.15. The summed E-state index contributed by atoms with van der Waals surface area (Å²) in [5.74, 6) is -1.07. The first-order valence-electron chi connectivity index (χ1n) is 9.66. The maximum Gasteiger partial charge on any atom is 0.488 e. The van der Waals surface area contributed by atoms with Crippen LogP contribution in [0.15, 0.2) is 47.2 Å². The molecule has 200 valence electrons. The van der Waals surface area contributed by atoms with Gasteiger partial charge < -0.3 is 18.9 Å². The van der Waals surface area contributed by atoms with Crippen LogP contribution in [0.2, 0.25) is 0 Å². The van der Waals surface area contributed by atoms with Crippen LogP contribution in [0.5, 0.6) is 0 Å². The summed E-state index contributed by atoms with van der Waals surface area (Å²) in [4.78, 5) is 22.0. The van der Waals surface area contributed by atoms with Gasteiger partial charge in [0.15, 0.2) is 0 Å². The predicted molar refractivity (Wildman–Crippen MR) is 124 cm³/mol. The molecule has 0 fully saturated rings. The first-order chi connectivity index (χ1) is 15.2. The fraction of sp³-hybridized carbons (Fsp3) is 0.524. The Morgan fingerprint density at radius 1 is 0.743 bits per heavy atom. The quantitative estimate of drug-likeness (QED) is 0.389. The third-order valence-electron chi connectivity index (χ3n) is 4.48. The Hall–Kier alpha value is -2.06. The minimum Gasteiger partial charge on any atom is -0.427 e. The highest BCUT2D eigenvalue weighted by Gasteiger charge is 2.51. The molecule has 2 aromatic heterocycles. The van der Waals surface area contributed by atoms with Gasteiger partial charge in [-0.1, -0.05) is 37.2 Å². The fourth-order valence-electron chi connectivity index (χ4n) is 1.99. The molecule has 0 atom stereocenters. The molecular formula is C21H28BBrF6O6. The molecule has 14 heteroatoms. The standard InChI is InChI=1S/C9H10BF3O4.C9H8BrF3O2.C2H6.CH4/c1-8(2,9(11,12)13)6-3-5(10(15)16)4-7(14)17-6;1-8(2,9(11,12)13)6-3-5(10)4-7(14)15-6;1-2;/h3-4,15-16H,1-2H3;3-4H,1-2H3;1-2H3;1H4. The molecule has 2 rings (SSSR count). The number of rotatable bonds is 3. The molecule has 0 radical (unpaired) electrons. The van der Waals surface area contributed by atoms with Gasteiger partial charge in [-0.15, -0.1) is 0 Å². The van der Waals surface area contributed by atoms with E-state index in [4.69, 9.17) is 10.0 Å². The maximum atomic E-state index is 12.7. The lowest BCUT2D eigenvalue weighted by Gasteiger charge is -2.26. The van der Waals surface area contributed by atoms with Gasteiger partial charge in [0.05, 0.1) is 0 Å². The summed E-state index contributed by atoms with van der Waals surface area (Å²) >= 11 is 2.94. The van der Waals surface area contributed by atoms with E-state index in [1.54, 1.807) is 0 Å². The molecule has 2 aromatic rings. The van der Waals surface area contributed by atoms with E-state index in [0.29, 0.717) is 0 Å². The molecule has 0 amide bonds. The largest absolute Gasteiger partial charge is 0.488 e. The van der Waals surface area contributed by atoms with Crippen molar-refractivity contribution in [1.29, 1.82) is 0 Å². The normalized spacial score (nSPS) is 11.9. The molecule has 0 saturated heterocycles. The van der Waals surface area contributed by atoms with Crippen LogP contribution in [0, 0.1) is 0 Å². The van der Waals surface area contributed by atoms with E-state index in [0.717, 1.165) is 52.0 Å². The topological polar surface area (TPSA) is 101 Å². The average molecular weight is 581 g/mol. The molecule has 0 spiro atoms. The van der Waals surface area contributed by atoms with Gasteiger partial charge in [-0.25, -0.2) is 9.59 Å². The van der Waals surface area contributed by atoms with Crippen LogP contribution < -0.4 is 16.7 Å². The second kappa shape index (κ2) is 12.8. The summed E-state index contributed by atoms with van der Waals surface area (Å²) in [5, 5.41) is 17.7. The maximum absolute atomic E-state index is 12.7. The summed E-state index contributed by atoms with van der Waals surface area (Å²) in [5.41, 5.74) is -6.79. The molecule has 0 aromatic carbocycles. The molecule has 0 aliphatic carbocycles. The van der Waals surface area contributed by atoms with Crippen molar-refractivity contribution in [3.8, 4) is 0 Å². The highest BCUT2D eigenvalue weighted by molar-refractivity contribution is 9.10. The SMILES string of the molecule is C.CC.CC(C)(c1cc(B(O)O)cc(=O)o1)C(F)(F)F.CC(C)(c1cc(Br)cc(=O)o1)C(F)(F)F. The van der Waals surface area contributed by atoms with Gasteiger partial charge >= 0.3 is 30.7 Å². The fourth-order valence-corrected chi connectivity index (χ4v) is 2.38. The predicted octanol–water partition coefficient (Wildman–Crippen LogP) is 5.06. The van der Waals surface area contributed by atoms with Crippen LogP contribution in [-0.4, -0.2) is 29.5 Å². The molecule has 35 heavy (non-hydrogen) atoms. The molecular weight excluding hydrogens is 553 g/mol. The van der Waals surface area contributed by atoms with Crippen molar-refractivity contribution in [3.63, 3.8) is 0 Å². The zero-order valence-electron chi connectivity index (χ0n) is 19.1. The van der Waals surface area contributed by atoms with Gasteiger partial charge in [0.2, 0.25) is 0 Å². The van der Waals surface area contributed by atoms with Crippen LogP contribution in [0.4, 0.5) is 26.3 Å². The average Bonchev–Trinajstić information content (AvgIpc) is 2.67. The zero-order valence-corrected chi connectivity index (χ0v) is 20.6. The number of hydrogen-bond donors (Lipinski definition) is 2. The molecule has 0 aliphatic rings. The van der Waals surface area contributed by atoms with Gasteiger partial charge in [0.25, 0.3) is 0 Å². The monoisotopic (exact) mass is 580 g/mol. The number of hydrogen-bond acceptors (Lipinski definition) is 6. The minimum absolute atomic E-state index is 0. The van der Waals surface area contributed by atoms with Crippen molar-refractivity contribution in [2.45, 2.75) is 72.2 Å². The van der Waals surface area contributed by atoms with E-state index in [2.05, 4.69) is 24.8 Å². The second-order valence-electron chi connectivity index (χ2n) is 7.65. The Morgan fingerprint density at radius 2 is 1.09 bits per heavy atom. The van der Waals surface area contributed by atoms with Gasteiger partial charge in [-0.05, 0) is 45.3 Å². The second-order valence-corrected chi connectivity index (χ2v) is 8.57. The van der Waals surface area contributed by atoms with Crippen molar-refractivity contribution in [2.24, 2.45) is 0 Å². The van der Waals surface area contributed by atoms with Gasteiger partial charge in [-0.3, -0.25) is 0 Å². The van der Waals surface area contributed by atoms with Gasteiger partial charge in [-0.2, -0.15) is 26.3 Å². The number of alkyl halides is 6. The first kappa shape index (κ1) is 35.1. The molecule has 6 nitrogen and oxygen atoms in total. The summed E-state index contributed by atoms with van der Waals surface area (Å²) < 4.78 is 85.2. The molecule has 2 heterocycles. The van der Waals surface area contributed by atoms with Crippen LogP contribution >= 0.6 is 15.9 Å². The Balaban J connectivity index is 0. The third-order valence-corrected chi connectivity index (χ3v) is 4.93. The van der Waals surface area contributed by atoms with Crippen molar-refractivity contribution in [3.05, 3.63) is 61.1 Å². The van der Waals surface area contributed by atoms with Crippen LogP contribution in [0.25, 0.3) is 0 Å². The van der Waals surface area contributed by atoms with Crippen molar-refractivity contribution >= 4 is 28.5 Å². The summed E-state index contributed by atoms with van der Waals surface area (Å²) in [6.45, 7) is 7.58. The summed E-state index contributed by atoms with van der Waals surface area (Å²) in [6, 6.07) is 3.74. The molecule has 0 bridgehead atoms. The minimum atomic E-state index is -4.62. The Kier molecular flexibility index (Phi) is 12.8. The lowest BCUT2D eigenvalue weighted by molar-refractivity contribution is -0.185. The molecule has 2 N–H and O–H groups in total. The molecule has 0 saturated carbocycles. The van der Waals surface area contributed by atoms with Crippen LogP contribution in [0.1, 0.15) is 60.5 Å². The summed E-state index contributed by atoms with van der Waals surface area (Å²) in [7, 11) is -2.03. The lowest BCUT2D eigenvalue weighted by atomic mass is 9.78. The van der Waals surface area contributed by atoms with Crippen molar-refractivity contribution in [2.75, 3.05) is 0 Å². The van der Waals surface area contributed by atoms with Crippen molar-refractivity contribution < 1.29 is 45.2 Å². The molecule has 0 unspecified atom stereocenters. The van der Waals surface area contributed by atoms with Crippen LogP contribution in [-0.2, 0) is 10.8 Å². The van der Waals surface area contributed by atoms with Crippen LogP contribution in [0.3, 0.4) is 0 Å². The highest BCUT2D eigenvalue weighted by atomic mass is 79.9. The van der Waals surface area contributed by atoms with E-state index < -0.39 is 53.1 Å². The summed E-state index contributed by atoms with van der Waals surface area (Å²) in [6.07, 6.45) is -9.09. The van der Waals surface area contributed by atoms with Gasteiger partial charge in [0, 0.05) is 16.6 Å². The van der Waals surface area contributed by atoms with E-state index in [9.17, 15) is 35.9 Å². The van der Waals surface area contributed by atoms with E-state index >= 15 is 0 Å². The zero-order chi connectivity index (χ0) is 27.3.